The van der Waals surface area contributed by atoms with Crippen molar-refractivity contribution in [3.63, 3.8) is 0 Å². The van der Waals surface area contributed by atoms with E-state index < -0.39 is 26.5 Å². The van der Waals surface area contributed by atoms with Gasteiger partial charge in [-0.05, 0) is 96.3 Å². The molecule has 104 heavy (non-hydrogen) atoms. The molecular formula is C94H170NO8P. The second-order valence-electron chi connectivity index (χ2n) is 31.2. The summed E-state index contributed by atoms with van der Waals surface area (Å²) in [4.78, 5) is 38.3. The number of carbonyl (C=O) groups excluding carboxylic acids is 2. The number of allylic oxidation sites excluding steroid dienone is 18. The van der Waals surface area contributed by atoms with Crippen molar-refractivity contribution in [2.75, 3.05) is 47.5 Å². The van der Waals surface area contributed by atoms with Crippen molar-refractivity contribution in [1.82, 2.24) is 0 Å². The number of rotatable bonds is 83. The first-order valence-corrected chi connectivity index (χ1v) is 46.1. The van der Waals surface area contributed by atoms with E-state index in [4.69, 9.17) is 18.5 Å². The maximum atomic E-state index is 12.9. The number of quaternary nitrogens is 1. The number of likely N-dealkylation sites (N-methyl/N-ethyl adjacent to an activating group) is 1. The Hall–Kier alpha value is -3.33. The minimum absolute atomic E-state index is 0.0295. The third kappa shape index (κ3) is 87.6. The van der Waals surface area contributed by atoms with Gasteiger partial charge in [0.05, 0.1) is 27.7 Å². The van der Waals surface area contributed by atoms with E-state index in [2.05, 4.69) is 123 Å². The molecule has 0 saturated carbocycles. The van der Waals surface area contributed by atoms with E-state index in [0.29, 0.717) is 17.4 Å². The molecule has 0 aliphatic rings. The van der Waals surface area contributed by atoms with Crippen LogP contribution in [0.15, 0.2) is 109 Å². The molecule has 0 bridgehead atoms. The molecule has 2 atom stereocenters. The van der Waals surface area contributed by atoms with Crippen LogP contribution >= 0.6 is 7.82 Å². The Bertz CT molecular complexity index is 2130. The predicted octanol–water partition coefficient (Wildman–Crippen LogP) is 29.7. The van der Waals surface area contributed by atoms with Crippen LogP contribution in [0.3, 0.4) is 0 Å². The Morgan fingerprint density at radius 2 is 0.519 bits per heavy atom. The molecule has 9 nitrogen and oxygen atoms in total. The molecule has 0 heterocycles. The first-order chi connectivity index (χ1) is 51.0. The molecule has 10 heteroatoms. The van der Waals surface area contributed by atoms with Crippen LogP contribution in [0.25, 0.3) is 0 Å². The number of carbonyl (C=O) groups is 2. The van der Waals surface area contributed by atoms with Gasteiger partial charge in [0, 0.05) is 12.8 Å². The maximum absolute atomic E-state index is 12.9. The predicted molar refractivity (Wildman–Crippen MR) is 452 cm³/mol. The van der Waals surface area contributed by atoms with E-state index in [1.54, 1.807) is 0 Å². The summed E-state index contributed by atoms with van der Waals surface area (Å²) in [6.07, 6.45) is 120. The van der Waals surface area contributed by atoms with Crippen LogP contribution in [-0.4, -0.2) is 70.0 Å². The molecule has 0 N–H and O–H groups in total. The summed E-state index contributed by atoms with van der Waals surface area (Å²) >= 11 is 0. The van der Waals surface area contributed by atoms with Gasteiger partial charge in [0.2, 0.25) is 0 Å². The molecule has 0 rings (SSSR count). The average molecular weight is 1470 g/mol. The highest BCUT2D eigenvalue weighted by Crippen LogP contribution is 2.38. The van der Waals surface area contributed by atoms with Crippen LogP contribution in [0.4, 0.5) is 0 Å². The number of ether oxygens (including phenoxy) is 2. The number of phosphoric ester groups is 1. The molecule has 0 radical (unpaired) electrons. The Kier molecular flexibility index (Phi) is 81.0. The topological polar surface area (TPSA) is 111 Å². The van der Waals surface area contributed by atoms with Gasteiger partial charge in [0.1, 0.15) is 19.8 Å². The zero-order valence-electron chi connectivity index (χ0n) is 69.2. The lowest BCUT2D eigenvalue weighted by Gasteiger charge is -2.28. The van der Waals surface area contributed by atoms with E-state index in [9.17, 15) is 19.0 Å². The van der Waals surface area contributed by atoms with E-state index in [0.717, 1.165) is 89.9 Å². The number of esters is 2. The molecule has 0 aromatic heterocycles. The summed E-state index contributed by atoms with van der Waals surface area (Å²) in [5, 5.41) is 0. The molecule has 0 aliphatic carbocycles. The van der Waals surface area contributed by atoms with Crippen molar-refractivity contribution >= 4 is 19.8 Å². The Morgan fingerprint density at radius 3 is 0.769 bits per heavy atom. The zero-order chi connectivity index (χ0) is 75.4. The van der Waals surface area contributed by atoms with Crippen molar-refractivity contribution in [1.29, 1.82) is 0 Å². The van der Waals surface area contributed by atoms with Crippen molar-refractivity contribution < 1.29 is 42.1 Å². The van der Waals surface area contributed by atoms with Gasteiger partial charge in [0.25, 0.3) is 7.82 Å². The molecule has 0 aromatic rings. The Labute approximate surface area is 646 Å². The molecular weight excluding hydrogens is 1300 g/mol. The van der Waals surface area contributed by atoms with Gasteiger partial charge < -0.3 is 27.9 Å². The monoisotopic (exact) mass is 1470 g/mol. The fraction of sp³-hybridized carbons (Fsp3) is 0.787. The van der Waals surface area contributed by atoms with Gasteiger partial charge in [0.15, 0.2) is 6.10 Å². The Balaban J connectivity index is 3.85. The van der Waals surface area contributed by atoms with Crippen molar-refractivity contribution in [3.8, 4) is 0 Å². The lowest BCUT2D eigenvalue weighted by atomic mass is 10.0. The summed E-state index contributed by atoms with van der Waals surface area (Å²) in [7, 11) is 1.19. The number of hydrogen-bond acceptors (Lipinski definition) is 8. The molecule has 2 unspecified atom stereocenters. The number of hydrogen-bond donors (Lipinski definition) is 0. The summed E-state index contributed by atoms with van der Waals surface area (Å²) in [5.74, 6) is -0.810. The minimum atomic E-state index is -4.65. The quantitative estimate of drug-likeness (QED) is 0.0195. The van der Waals surface area contributed by atoms with E-state index in [1.807, 2.05) is 21.1 Å². The normalized spacial score (nSPS) is 13.5. The third-order valence-electron chi connectivity index (χ3n) is 19.8. The smallest absolute Gasteiger partial charge is 0.306 e. The van der Waals surface area contributed by atoms with Gasteiger partial charge in [-0.2, -0.15) is 0 Å². The van der Waals surface area contributed by atoms with Crippen LogP contribution in [0.2, 0.25) is 0 Å². The van der Waals surface area contributed by atoms with E-state index in [-0.39, 0.29) is 32.0 Å². The molecule has 0 amide bonds. The van der Waals surface area contributed by atoms with Crippen molar-refractivity contribution in [3.05, 3.63) is 109 Å². The number of phosphoric acid groups is 1. The van der Waals surface area contributed by atoms with Crippen LogP contribution in [-0.2, 0) is 32.7 Å². The molecule has 0 saturated heterocycles. The summed E-state index contributed by atoms with van der Waals surface area (Å²) in [6.45, 7) is 4.08. The van der Waals surface area contributed by atoms with E-state index >= 15 is 0 Å². The standard InChI is InChI=1S/C94H170NO8P/c1-6-8-10-12-14-16-18-20-22-24-26-28-30-32-34-36-38-40-42-44-46-47-49-51-53-55-57-59-61-63-65-67-69-71-73-75-77-79-81-83-85-87-94(97)103-92(91-102-104(98,99)101-89-88-95(3,4)5)90-100-93(96)86-84-82-80-78-76-74-72-70-68-66-64-62-60-58-56-54-52-50-48-45-43-41-39-37-35-33-31-29-27-25-23-21-19-17-15-13-11-9-7-2/h8-11,14-17,20-23,26-29,32,34,92H,6-7,12-13,18-19,24-25,30-31,33,35-91H2,1-5H3/b10-8-,11-9-,16-14-,17-15-,22-20-,23-21-,28-26-,29-27-,34-32-. The Morgan fingerprint density at radius 1 is 0.298 bits per heavy atom. The SMILES string of the molecule is CC/C=C\C/C=C\C/C=C\C/C=C\C/C=C\CCCCCCCCCCCCCCCCCCCCCCCCCCCC(=O)OC(COC(=O)CCCCCCCCCCCCCCCCCCCCCCCCCCCC/C=C\C/C=C\C/C=C\C/C=C\CC)COP(=O)([O-])OCC[N+](C)(C)C. The second-order valence-corrected chi connectivity index (χ2v) is 32.6. The first kappa shape index (κ1) is 101. The fourth-order valence-electron chi connectivity index (χ4n) is 13.1. The highest BCUT2D eigenvalue weighted by atomic mass is 31.2. The van der Waals surface area contributed by atoms with Gasteiger partial charge >= 0.3 is 11.9 Å². The van der Waals surface area contributed by atoms with Gasteiger partial charge in [-0.15, -0.1) is 0 Å². The summed E-state index contributed by atoms with van der Waals surface area (Å²) < 4.78 is 34.5. The molecule has 604 valence electrons. The van der Waals surface area contributed by atoms with E-state index in [1.165, 1.54) is 302 Å². The minimum Gasteiger partial charge on any atom is -0.756 e. The molecule has 0 aliphatic heterocycles. The third-order valence-corrected chi connectivity index (χ3v) is 20.8. The highest BCUT2D eigenvalue weighted by Gasteiger charge is 2.22. The second kappa shape index (κ2) is 83.7. The summed E-state index contributed by atoms with van der Waals surface area (Å²) in [5.41, 5.74) is 0. The molecule has 0 fully saturated rings. The fourth-order valence-corrected chi connectivity index (χ4v) is 13.8. The van der Waals surface area contributed by atoms with Crippen molar-refractivity contribution in [2.45, 2.75) is 431 Å². The lowest BCUT2D eigenvalue weighted by Crippen LogP contribution is -2.37. The maximum Gasteiger partial charge on any atom is 0.306 e. The van der Waals surface area contributed by atoms with Gasteiger partial charge in [-0.25, -0.2) is 0 Å². The van der Waals surface area contributed by atoms with Crippen LogP contribution in [0.5, 0.6) is 0 Å². The number of nitrogens with zero attached hydrogens (tertiary/aromatic N) is 1. The largest absolute Gasteiger partial charge is 0.756 e. The molecule has 0 spiro atoms. The zero-order valence-corrected chi connectivity index (χ0v) is 70.1. The van der Waals surface area contributed by atoms with Crippen LogP contribution < -0.4 is 4.89 Å². The molecule has 0 aromatic carbocycles. The van der Waals surface area contributed by atoms with Gasteiger partial charge in [-0.3, -0.25) is 14.2 Å². The summed E-state index contributed by atoms with van der Waals surface area (Å²) in [6, 6.07) is 0. The first-order valence-electron chi connectivity index (χ1n) is 44.6. The van der Waals surface area contributed by atoms with Crippen LogP contribution in [0, 0.1) is 0 Å². The highest BCUT2D eigenvalue weighted by molar-refractivity contribution is 7.45. The van der Waals surface area contributed by atoms with Gasteiger partial charge in [-0.1, -0.05) is 425 Å². The lowest BCUT2D eigenvalue weighted by molar-refractivity contribution is -0.870. The van der Waals surface area contributed by atoms with Crippen molar-refractivity contribution in [2.24, 2.45) is 0 Å². The van der Waals surface area contributed by atoms with Crippen LogP contribution in [0.1, 0.15) is 425 Å². The number of unbranched alkanes of at least 4 members (excludes halogenated alkanes) is 51. The average Bonchev–Trinajstić information content (AvgIpc) is 0.920.